The summed E-state index contributed by atoms with van der Waals surface area (Å²) in [6, 6.07) is 17.2. The number of thioether (sulfide) groups is 1. The van der Waals surface area contributed by atoms with Crippen LogP contribution in [0.5, 0.6) is 0 Å². The summed E-state index contributed by atoms with van der Waals surface area (Å²) in [6.07, 6.45) is -3.85. The number of nitrogens with zero attached hydrogens (tertiary/aromatic N) is 3. The summed E-state index contributed by atoms with van der Waals surface area (Å²) in [5, 5.41) is -0.708. The fourth-order valence-electron chi connectivity index (χ4n) is 3.38. The SMILES string of the molecule is C[C@H](Sc1nc(-c2ccccc2)cc(C(F)(F)F)n1)C(=O)N1CCc2ccccc21. The maximum Gasteiger partial charge on any atom is 0.433 e. The van der Waals surface area contributed by atoms with E-state index in [1.165, 1.54) is 0 Å². The predicted molar refractivity (Wildman–Crippen MR) is 110 cm³/mol. The maximum absolute atomic E-state index is 13.4. The first-order valence-electron chi connectivity index (χ1n) is 9.40. The molecule has 1 atom stereocenters. The Balaban J connectivity index is 1.61. The van der Waals surface area contributed by atoms with Crippen molar-refractivity contribution in [2.75, 3.05) is 11.4 Å². The number of carbonyl (C=O) groups is 1. The zero-order valence-electron chi connectivity index (χ0n) is 16.1. The fraction of sp³-hybridized carbons (Fsp3) is 0.227. The van der Waals surface area contributed by atoms with Gasteiger partial charge in [-0.2, -0.15) is 13.2 Å². The van der Waals surface area contributed by atoms with Gasteiger partial charge in [-0.05, 0) is 31.0 Å². The van der Waals surface area contributed by atoms with Gasteiger partial charge in [0.05, 0.1) is 10.9 Å². The third kappa shape index (κ3) is 4.18. The van der Waals surface area contributed by atoms with E-state index in [-0.39, 0.29) is 16.8 Å². The molecule has 0 spiro atoms. The molecule has 2 aromatic carbocycles. The summed E-state index contributed by atoms with van der Waals surface area (Å²) in [7, 11) is 0. The first-order valence-corrected chi connectivity index (χ1v) is 10.3. The highest BCUT2D eigenvalue weighted by Crippen LogP contribution is 2.34. The van der Waals surface area contributed by atoms with Gasteiger partial charge in [0.25, 0.3) is 0 Å². The average molecular weight is 429 g/mol. The van der Waals surface area contributed by atoms with Crippen LogP contribution in [0.3, 0.4) is 0 Å². The van der Waals surface area contributed by atoms with Crippen LogP contribution in [0.1, 0.15) is 18.2 Å². The number of aromatic nitrogens is 2. The number of fused-ring (bicyclic) bond motifs is 1. The van der Waals surface area contributed by atoms with Crippen molar-refractivity contribution >= 4 is 23.4 Å². The van der Waals surface area contributed by atoms with Gasteiger partial charge in [0, 0.05) is 17.8 Å². The van der Waals surface area contributed by atoms with Gasteiger partial charge in [-0.1, -0.05) is 60.3 Å². The Hall–Kier alpha value is -2.87. The molecule has 0 N–H and O–H groups in total. The molecule has 8 heteroatoms. The van der Waals surface area contributed by atoms with Gasteiger partial charge in [0.15, 0.2) is 5.16 Å². The number of carbonyl (C=O) groups excluding carboxylic acids is 1. The molecule has 0 saturated heterocycles. The van der Waals surface area contributed by atoms with Crippen LogP contribution in [-0.4, -0.2) is 27.7 Å². The molecule has 0 bridgehead atoms. The Morgan fingerprint density at radius 2 is 1.77 bits per heavy atom. The number of hydrogen-bond acceptors (Lipinski definition) is 4. The molecule has 2 heterocycles. The second kappa shape index (κ2) is 8.10. The van der Waals surface area contributed by atoms with Crippen LogP contribution in [0, 0.1) is 0 Å². The highest BCUT2D eigenvalue weighted by Gasteiger charge is 2.35. The van der Waals surface area contributed by atoms with Crippen LogP contribution in [0.25, 0.3) is 11.3 Å². The van der Waals surface area contributed by atoms with Gasteiger partial charge >= 0.3 is 6.18 Å². The van der Waals surface area contributed by atoms with E-state index in [1.807, 2.05) is 24.3 Å². The lowest BCUT2D eigenvalue weighted by atomic mass is 10.1. The van der Waals surface area contributed by atoms with Crippen molar-refractivity contribution in [2.24, 2.45) is 0 Å². The minimum absolute atomic E-state index is 0.0722. The minimum Gasteiger partial charge on any atom is -0.311 e. The number of para-hydroxylation sites is 1. The Bertz CT molecular complexity index is 1070. The summed E-state index contributed by atoms with van der Waals surface area (Å²) >= 11 is 0.939. The molecule has 0 aliphatic carbocycles. The highest BCUT2D eigenvalue weighted by atomic mass is 32.2. The van der Waals surface area contributed by atoms with Crippen LogP contribution in [-0.2, 0) is 17.4 Å². The molecule has 0 fully saturated rings. The quantitative estimate of drug-likeness (QED) is 0.421. The summed E-state index contributed by atoms with van der Waals surface area (Å²) in [4.78, 5) is 22.6. The van der Waals surface area contributed by atoms with E-state index in [9.17, 15) is 18.0 Å². The molecular weight excluding hydrogens is 411 g/mol. The molecule has 1 aliphatic rings. The van der Waals surface area contributed by atoms with Crippen molar-refractivity contribution < 1.29 is 18.0 Å². The third-order valence-corrected chi connectivity index (χ3v) is 5.80. The topological polar surface area (TPSA) is 46.1 Å². The number of halogens is 3. The van der Waals surface area contributed by atoms with Crippen LogP contribution in [0.4, 0.5) is 18.9 Å². The third-order valence-electron chi connectivity index (χ3n) is 4.85. The fourth-order valence-corrected chi connectivity index (χ4v) is 4.22. The number of alkyl halides is 3. The molecule has 0 radical (unpaired) electrons. The molecule has 154 valence electrons. The van der Waals surface area contributed by atoms with E-state index in [0.29, 0.717) is 12.1 Å². The van der Waals surface area contributed by atoms with Gasteiger partial charge in [-0.25, -0.2) is 9.97 Å². The smallest absolute Gasteiger partial charge is 0.311 e. The summed E-state index contributed by atoms with van der Waals surface area (Å²) in [6.45, 7) is 2.22. The number of benzene rings is 2. The van der Waals surface area contributed by atoms with E-state index in [1.54, 1.807) is 42.2 Å². The molecule has 4 rings (SSSR count). The lowest BCUT2D eigenvalue weighted by Gasteiger charge is -2.21. The highest BCUT2D eigenvalue weighted by molar-refractivity contribution is 8.00. The second-order valence-corrected chi connectivity index (χ2v) is 8.22. The predicted octanol–water partition coefficient (Wildman–Crippen LogP) is 5.23. The minimum atomic E-state index is -4.61. The van der Waals surface area contributed by atoms with Gasteiger partial charge in [0.2, 0.25) is 5.91 Å². The Kier molecular flexibility index (Phi) is 5.51. The maximum atomic E-state index is 13.4. The monoisotopic (exact) mass is 429 g/mol. The average Bonchev–Trinajstić information content (AvgIpc) is 3.17. The summed E-state index contributed by atoms with van der Waals surface area (Å²) in [5.41, 5.74) is 1.64. The zero-order chi connectivity index (χ0) is 21.3. The van der Waals surface area contributed by atoms with Crippen molar-refractivity contribution in [1.29, 1.82) is 0 Å². The van der Waals surface area contributed by atoms with Gasteiger partial charge < -0.3 is 4.90 Å². The first kappa shape index (κ1) is 20.4. The second-order valence-electron chi connectivity index (χ2n) is 6.91. The van der Waals surface area contributed by atoms with Crippen LogP contribution in [0.2, 0.25) is 0 Å². The molecule has 4 nitrogen and oxygen atoms in total. The Morgan fingerprint density at radius 3 is 2.50 bits per heavy atom. The molecule has 1 aromatic heterocycles. The lowest BCUT2D eigenvalue weighted by Crippen LogP contribution is -2.35. The van der Waals surface area contributed by atoms with E-state index in [0.717, 1.165) is 35.5 Å². The van der Waals surface area contributed by atoms with Crippen LogP contribution in [0.15, 0.2) is 65.8 Å². The lowest BCUT2D eigenvalue weighted by molar-refractivity contribution is -0.141. The van der Waals surface area contributed by atoms with Gasteiger partial charge in [-0.3, -0.25) is 4.79 Å². The molecule has 0 saturated carbocycles. The van der Waals surface area contributed by atoms with Crippen molar-refractivity contribution in [2.45, 2.75) is 29.9 Å². The number of anilines is 1. The molecular formula is C22H18F3N3OS. The van der Waals surface area contributed by atoms with Crippen molar-refractivity contribution in [1.82, 2.24) is 9.97 Å². The molecule has 0 unspecified atom stereocenters. The first-order chi connectivity index (χ1) is 14.3. The van der Waals surface area contributed by atoms with Gasteiger partial charge in [0.1, 0.15) is 5.69 Å². The standard InChI is InChI=1S/C22H18F3N3OS/c1-14(20(29)28-12-11-16-9-5-6-10-18(16)28)30-21-26-17(15-7-3-2-4-8-15)13-19(27-21)22(23,24)25/h2-10,13-14H,11-12H2,1H3/t14-/m0/s1. The largest absolute Gasteiger partial charge is 0.433 e. The number of rotatable bonds is 4. The number of hydrogen-bond donors (Lipinski definition) is 0. The van der Waals surface area contributed by atoms with E-state index >= 15 is 0 Å². The Morgan fingerprint density at radius 1 is 1.07 bits per heavy atom. The molecule has 3 aromatic rings. The van der Waals surface area contributed by atoms with E-state index < -0.39 is 17.1 Å². The molecule has 1 amide bonds. The summed E-state index contributed by atoms with van der Waals surface area (Å²) in [5.74, 6) is -0.174. The Labute approximate surface area is 176 Å². The van der Waals surface area contributed by atoms with Crippen LogP contribution < -0.4 is 4.90 Å². The van der Waals surface area contributed by atoms with Gasteiger partial charge in [-0.15, -0.1) is 0 Å². The summed E-state index contributed by atoms with van der Waals surface area (Å²) < 4.78 is 40.2. The molecule has 30 heavy (non-hydrogen) atoms. The van der Waals surface area contributed by atoms with Crippen LogP contribution >= 0.6 is 11.8 Å². The van der Waals surface area contributed by atoms with E-state index in [2.05, 4.69) is 9.97 Å². The van der Waals surface area contributed by atoms with Crippen molar-refractivity contribution in [3.8, 4) is 11.3 Å². The molecule has 1 aliphatic heterocycles. The normalized spacial score (nSPS) is 14.5. The zero-order valence-corrected chi connectivity index (χ0v) is 16.9. The van der Waals surface area contributed by atoms with Crippen molar-refractivity contribution in [3.05, 3.63) is 71.9 Å². The number of amides is 1. The van der Waals surface area contributed by atoms with E-state index in [4.69, 9.17) is 0 Å². The van der Waals surface area contributed by atoms with Crippen molar-refractivity contribution in [3.63, 3.8) is 0 Å².